The summed E-state index contributed by atoms with van der Waals surface area (Å²) < 4.78 is 17.3. The zero-order valence-electron chi connectivity index (χ0n) is 22.3. The molecule has 9 nitrogen and oxygen atoms in total. The second-order valence-corrected chi connectivity index (χ2v) is 11.0. The van der Waals surface area contributed by atoms with E-state index >= 15 is 4.39 Å². The third-order valence-electron chi connectivity index (χ3n) is 7.99. The number of fused-ring (bicyclic) bond motifs is 1. The first-order chi connectivity index (χ1) is 19.4. The molecule has 1 amide bonds. The maximum atomic E-state index is 15.2. The van der Waals surface area contributed by atoms with Crippen LogP contribution in [0.2, 0.25) is 5.02 Å². The Labute approximate surface area is 236 Å². The summed E-state index contributed by atoms with van der Waals surface area (Å²) in [6.45, 7) is 4.46. The van der Waals surface area contributed by atoms with Crippen molar-refractivity contribution in [2.45, 2.75) is 51.2 Å². The second-order valence-electron chi connectivity index (χ2n) is 10.5. The molecule has 0 aliphatic carbocycles. The van der Waals surface area contributed by atoms with E-state index in [-0.39, 0.29) is 30.5 Å². The van der Waals surface area contributed by atoms with E-state index < -0.39 is 11.9 Å². The van der Waals surface area contributed by atoms with Crippen molar-refractivity contribution < 1.29 is 14.3 Å². The Hall–Kier alpha value is -3.63. The molecule has 1 atom stereocenters. The van der Waals surface area contributed by atoms with Crippen LogP contribution in [0.1, 0.15) is 59.4 Å². The van der Waals surface area contributed by atoms with E-state index in [0.29, 0.717) is 29.2 Å². The number of β-amino-alcohol motifs (C(OH)–C–C–N with tert-alkyl or cyclic N) is 1. The summed E-state index contributed by atoms with van der Waals surface area (Å²) in [5.74, 6) is 0.0000268. The van der Waals surface area contributed by atoms with E-state index in [4.69, 9.17) is 11.6 Å². The van der Waals surface area contributed by atoms with Crippen molar-refractivity contribution in [3.8, 4) is 0 Å². The SMILES string of the molecule is CCc1cnc(N2CCC(n3cc(Cl)c4c(Cc5ccc(C(=O)N6CC[C@H](O)C6)cc5F)ncnc43)CC2)nc1. The summed E-state index contributed by atoms with van der Waals surface area (Å²) in [5.41, 5.74) is 3.18. The molecule has 0 bridgehead atoms. The lowest BCUT2D eigenvalue weighted by Gasteiger charge is -2.32. The van der Waals surface area contributed by atoms with Crippen molar-refractivity contribution in [3.63, 3.8) is 0 Å². The van der Waals surface area contributed by atoms with Crippen LogP contribution in [0, 0.1) is 5.82 Å². The fraction of sp³-hybridized carbons (Fsp3) is 0.414. The molecule has 1 N–H and O–H groups in total. The number of amides is 1. The lowest BCUT2D eigenvalue weighted by molar-refractivity contribution is 0.0764. The smallest absolute Gasteiger partial charge is 0.254 e. The van der Waals surface area contributed by atoms with Gasteiger partial charge in [0.05, 0.1) is 22.2 Å². The number of aliphatic hydroxyl groups is 1. The zero-order valence-corrected chi connectivity index (χ0v) is 23.1. The number of aliphatic hydroxyl groups excluding tert-OH is 1. The van der Waals surface area contributed by atoms with Crippen molar-refractivity contribution in [1.82, 2.24) is 29.4 Å². The van der Waals surface area contributed by atoms with E-state index in [9.17, 15) is 9.90 Å². The maximum Gasteiger partial charge on any atom is 0.254 e. The minimum Gasteiger partial charge on any atom is -0.391 e. The second kappa shape index (κ2) is 11.1. The van der Waals surface area contributed by atoms with E-state index in [1.807, 2.05) is 18.6 Å². The standard InChI is InChI=1S/C29H31ClFN7O2/c1-2-18-13-32-29(33-14-18)36-8-5-21(6-9-36)38-16-23(30)26-25(34-17-35-27(26)38)12-19-3-4-20(11-24(19)31)28(40)37-10-7-22(39)15-37/h3-4,11,13-14,16-17,21-22,39H,2,5-10,12,15H2,1H3/t22-/m0/s1. The van der Waals surface area contributed by atoms with Gasteiger partial charge in [-0.1, -0.05) is 24.6 Å². The van der Waals surface area contributed by atoms with E-state index in [1.165, 1.54) is 12.4 Å². The largest absolute Gasteiger partial charge is 0.391 e. The van der Waals surface area contributed by atoms with E-state index in [2.05, 4.69) is 36.3 Å². The fourth-order valence-electron chi connectivity index (χ4n) is 5.66. The van der Waals surface area contributed by atoms with E-state index in [1.54, 1.807) is 17.0 Å². The molecule has 0 unspecified atom stereocenters. The zero-order chi connectivity index (χ0) is 27.8. The number of hydrogen-bond donors (Lipinski definition) is 1. The molecule has 11 heteroatoms. The van der Waals surface area contributed by atoms with Crippen LogP contribution < -0.4 is 4.90 Å². The van der Waals surface area contributed by atoms with Crippen LogP contribution in [0.5, 0.6) is 0 Å². The fourth-order valence-corrected chi connectivity index (χ4v) is 5.96. The van der Waals surface area contributed by atoms with Gasteiger partial charge in [0.15, 0.2) is 0 Å². The Morgan fingerprint density at radius 2 is 1.88 bits per heavy atom. The van der Waals surface area contributed by atoms with Crippen LogP contribution in [0.15, 0.2) is 43.1 Å². The van der Waals surface area contributed by atoms with Crippen LogP contribution in [0.3, 0.4) is 0 Å². The number of halogens is 2. The number of anilines is 1. The lowest BCUT2D eigenvalue weighted by Crippen LogP contribution is -2.35. The van der Waals surface area contributed by atoms with Crippen LogP contribution in [0.25, 0.3) is 11.0 Å². The van der Waals surface area contributed by atoms with Gasteiger partial charge in [-0.2, -0.15) is 0 Å². The van der Waals surface area contributed by atoms with Gasteiger partial charge < -0.3 is 19.5 Å². The van der Waals surface area contributed by atoms with Crippen LogP contribution in [-0.4, -0.2) is 72.7 Å². The van der Waals surface area contributed by atoms with Gasteiger partial charge in [-0.05, 0) is 48.9 Å². The average molecular weight is 564 g/mol. The summed E-state index contributed by atoms with van der Waals surface area (Å²) in [7, 11) is 0. The van der Waals surface area contributed by atoms with Crippen LogP contribution >= 0.6 is 11.6 Å². The highest BCUT2D eigenvalue weighted by Crippen LogP contribution is 2.34. The van der Waals surface area contributed by atoms with Crippen LogP contribution in [0.4, 0.5) is 10.3 Å². The minimum atomic E-state index is -0.523. The van der Waals surface area contributed by atoms with E-state index in [0.717, 1.165) is 54.9 Å². The number of rotatable bonds is 6. The first kappa shape index (κ1) is 26.6. The molecule has 0 saturated carbocycles. The lowest BCUT2D eigenvalue weighted by atomic mass is 10.0. The quantitative estimate of drug-likeness (QED) is 0.375. The molecule has 40 heavy (non-hydrogen) atoms. The molecular weight excluding hydrogens is 533 g/mol. The van der Waals surface area contributed by atoms with Crippen molar-refractivity contribution in [2.24, 2.45) is 0 Å². The number of piperidine rings is 1. The number of benzene rings is 1. The average Bonchev–Trinajstić information content (AvgIpc) is 3.57. The number of nitrogens with zero attached hydrogens (tertiary/aromatic N) is 7. The summed E-state index contributed by atoms with van der Waals surface area (Å²) in [5, 5.41) is 11.0. The predicted octanol–water partition coefficient (Wildman–Crippen LogP) is 4.22. The predicted molar refractivity (Wildman–Crippen MR) is 150 cm³/mol. The number of aromatic nitrogens is 5. The highest BCUT2D eigenvalue weighted by Gasteiger charge is 2.27. The summed E-state index contributed by atoms with van der Waals surface area (Å²) in [6, 6.07) is 4.72. The molecule has 2 aliphatic rings. The van der Waals surface area contributed by atoms with Gasteiger partial charge in [-0.15, -0.1) is 0 Å². The molecular formula is C29H31ClFN7O2. The third kappa shape index (κ3) is 5.13. The van der Waals surface area contributed by atoms with Crippen molar-refractivity contribution >= 4 is 34.5 Å². The Morgan fingerprint density at radius 1 is 1.10 bits per heavy atom. The molecule has 2 aliphatic heterocycles. The molecule has 0 spiro atoms. The van der Waals surface area contributed by atoms with Gasteiger partial charge in [-0.3, -0.25) is 4.79 Å². The van der Waals surface area contributed by atoms with Gasteiger partial charge in [-0.25, -0.2) is 24.3 Å². The Kier molecular flexibility index (Phi) is 7.37. The topological polar surface area (TPSA) is 100 Å². The highest BCUT2D eigenvalue weighted by atomic mass is 35.5. The summed E-state index contributed by atoms with van der Waals surface area (Å²) >= 11 is 6.72. The monoisotopic (exact) mass is 563 g/mol. The maximum absolute atomic E-state index is 15.2. The molecule has 0 radical (unpaired) electrons. The molecule has 2 saturated heterocycles. The molecule has 2 fully saturated rings. The van der Waals surface area contributed by atoms with Gasteiger partial charge in [0, 0.05) is 62.8 Å². The molecule has 1 aromatic carbocycles. The molecule has 4 aromatic rings. The highest BCUT2D eigenvalue weighted by molar-refractivity contribution is 6.35. The first-order valence-electron chi connectivity index (χ1n) is 13.7. The Balaban J connectivity index is 1.19. The number of carbonyl (C=O) groups excluding carboxylic acids is 1. The van der Waals surface area contributed by atoms with Crippen molar-refractivity contribution in [1.29, 1.82) is 0 Å². The van der Waals surface area contributed by atoms with Gasteiger partial charge in [0.25, 0.3) is 5.91 Å². The Morgan fingerprint density at radius 3 is 2.55 bits per heavy atom. The summed E-state index contributed by atoms with van der Waals surface area (Å²) in [6.07, 6.45) is 10.1. The minimum absolute atomic E-state index is 0.204. The van der Waals surface area contributed by atoms with Crippen molar-refractivity contribution in [3.05, 3.63) is 76.3 Å². The number of hydrogen-bond acceptors (Lipinski definition) is 7. The molecule has 6 rings (SSSR count). The molecule has 5 heterocycles. The number of likely N-dealkylation sites (tertiary alicyclic amines) is 1. The Bertz CT molecular complexity index is 1540. The number of carbonyl (C=O) groups is 1. The third-order valence-corrected chi connectivity index (χ3v) is 8.28. The summed E-state index contributed by atoms with van der Waals surface area (Å²) in [4.78, 5) is 34.5. The van der Waals surface area contributed by atoms with Gasteiger partial charge in [0.2, 0.25) is 5.95 Å². The first-order valence-corrected chi connectivity index (χ1v) is 14.1. The molecule has 3 aromatic heterocycles. The number of aryl methyl sites for hydroxylation is 1. The normalized spacial score (nSPS) is 18.1. The van der Waals surface area contributed by atoms with Gasteiger partial charge in [0.1, 0.15) is 17.8 Å². The molecule has 208 valence electrons. The van der Waals surface area contributed by atoms with Gasteiger partial charge >= 0.3 is 0 Å². The van der Waals surface area contributed by atoms with Crippen molar-refractivity contribution in [2.75, 3.05) is 31.1 Å². The van der Waals surface area contributed by atoms with Crippen LogP contribution in [-0.2, 0) is 12.8 Å².